The molecule has 0 aromatic carbocycles. The van der Waals surface area contributed by atoms with Gasteiger partial charge < -0.3 is 28.5 Å². The first kappa shape index (κ1) is 33.6. The van der Waals surface area contributed by atoms with Gasteiger partial charge in [0, 0.05) is 12.0 Å². The average Bonchev–Trinajstić information content (AvgIpc) is 3.00. The fourth-order valence-corrected chi connectivity index (χ4v) is 1.39. The molecule has 0 fully saturated rings. The molecule has 1 heterocycles. The van der Waals surface area contributed by atoms with Gasteiger partial charge in [-0.05, 0) is 47.7 Å². The van der Waals surface area contributed by atoms with Crippen LogP contribution in [0.1, 0.15) is 47.2 Å². The van der Waals surface area contributed by atoms with Gasteiger partial charge in [-0.15, -0.1) is 0 Å². The van der Waals surface area contributed by atoms with E-state index in [4.69, 9.17) is 19.2 Å². The third-order valence-electron chi connectivity index (χ3n) is 2.36. The molecule has 0 amide bonds. The van der Waals surface area contributed by atoms with Crippen molar-refractivity contribution in [1.29, 1.82) is 0 Å². The number of carbonyl (C=O) groups excluding carboxylic acids is 5. The van der Waals surface area contributed by atoms with Crippen LogP contribution in [0.3, 0.4) is 0 Å². The second-order valence-corrected chi connectivity index (χ2v) is 5.85. The van der Waals surface area contributed by atoms with Crippen LogP contribution >= 0.6 is 0 Å². The van der Waals surface area contributed by atoms with Crippen molar-refractivity contribution in [3.63, 3.8) is 0 Å². The third kappa shape index (κ3) is 12.6. The monoisotopic (exact) mass is 380 g/mol. The molecule has 1 rings (SSSR count). The summed E-state index contributed by atoms with van der Waals surface area (Å²) in [6.07, 6.45) is 5.80. The van der Waals surface area contributed by atoms with Gasteiger partial charge in [0.2, 0.25) is 6.33 Å². The summed E-state index contributed by atoms with van der Waals surface area (Å²) in [4.78, 5) is 41.9. The van der Waals surface area contributed by atoms with Crippen molar-refractivity contribution in [1.82, 2.24) is 4.57 Å². The number of rotatable bonds is 1. The van der Waals surface area contributed by atoms with Gasteiger partial charge in [0.05, 0.1) is 11.1 Å². The minimum absolute atomic E-state index is 0. The minimum Gasteiger partial charge on any atom is -0.545 e. The molecule has 0 aliphatic heterocycles. The smallest absolute Gasteiger partial charge is 0.545 e. The molecule has 0 spiro atoms. The van der Waals surface area contributed by atoms with Crippen LogP contribution in [0, 0.1) is 0 Å². The molecule has 0 radical (unpaired) electrons. The summed E-state index contributed by atoms with van der Waals surface area (Å²) in [5.41, 5.74) is 0.489. The molecule has 0 bridgehead atoms. The molecule has 136 valence electrons. The van der Waals surface area contributed by atoms with E-state index in [1.165, 1.54) is 0 Å². The Bertz CT molecular complexity index is 429. The van der Waals surface area contributed by atoms with Gasteiger partial charge in [0.25, 0.3) is 0 Å². The maximum absolute atomic E-state index is 10.9. The molecule has 0 saturated heterocycles. The molecule has 0 N–H and O–H groups in total. The molecule has 7 nitrogen and oxygen atoms in total. The van der Waals surface area contributed by atoms with E-state index in [0.29, 0.717) is 5.69 Å². The van der Waals surface area contributed by atoms with Gasteiger partial charge in [-0.25, -0.2) is 0 Å². The van der Waals surface area contributed by atoms with Crippen molar-refractivity contribution in [2.75, 3.05) is 0 Å². The second kappa shape index (κ2) is 17.4. The maximum atomic E-state index is 10.9. The van der Waals surface area contributed by atoms with Crippen LogP contribution < -0.4 is 4.57 Å². The molecule has 0 unspecified atom stereocenters. The average molecular weight is 380 g/mol. The van der Waals surface area contributed by atoms with E-state index in [2.05, 4.69) is 68.7 Å². The molecule has 24 heavy (non-hydrogen) atoms. The van der Waals surface area contributed by atoms with E-state index in [-0.39, 0.29) is 28.1 Å². The van der Waals surface area contributed by atoms with Gasteiger partial charge in [-0.1, -0.05) is 0 Å². The van der Waals surface area contributed by atoms with Crippen molar-refractivity contribution < 1.29 is 45.6 Å². The first-order valence-electron chi connectivity index (χ1n) is 6.13. The van der Waals surface area contributed by atoms with Crippen LogP contribution in [0.25, 0.3) is 0 Å². The summed E-state index contributed by atoms with van der Waals surface area (Å²) < 4.78 is 3.99. The Labute approximate surface area is 154 Å². The van der Waals surface area contributed by atoms with E-state index in [1.807, 2.05) is 27.9 Å². The Balaban J connectivity index is -0.000000117. The zero-order valence-corrected chi connectivity index (χ0v) is 15.9. The molecule has 8 heteroatoms. The molecule has 0 atom stereocenters. The second-order valence-electron chi connectivity index (χ2n) is 5.85. The number of hydrogen-bond acceptors (Lipinski definition) is 5. The van der Waals surface area contributed by atoms with Crippen molar-refractivity contribution in [2.45, 2.75) is 52.6 Å². The molecule has 0 aliphatic carbocycles. The Morgan fingerprint density at radius 1 is 0.875 bits per heavy atom. The SMILES string of the molecule is CC(C)(C)n1c[n+](C(C)(C)C)cc1[C-]=O.[CH-]=O.[CH-]=O.[CH-]=O.[CH-]=O.[Fe+4]. The van der Waals surface area contributed by atoms with Gasteiger partial charge in [-0.2, -0.15) is 0 Å². The summed E-state index contributed by atoms with van der Waals surface area (Å²) in [5.74, 6) is 0. The predicted molar refractivity (Wildman–Crippen MR) is 86.4 cm³/mol. The molecule has 0 aliphatic rings. The summed E-state index contributed by atoms with van der Waals surface area (Å²) in [6, 6.07) is 0. The predicted octanol–water partition coefficient (Wildman–Crippen LogP) is 0.645. The van der Waals surface area contributed by atoms with Crippen LogP contribution in [0.2, 0.25) is 0 Å². The van der Waals surface area contributed by atoms with E-state index < -0.39 is 0 Å². The number of hydrogen-bond donors (Lipinski definition) is 0. The Morgan fingerprint density at radius 2 is 1.21 bits per heavy atom. The minimum atomic E-state index is -0.0940. The Morgan fingerprint density at radius 3 is 1.38 bits per heavy atom. The Hall–Kier alpha value is -1.92. The van der Waals surface area contributed by atoms with E-state index >= 15 is 0 Å². The van der Waals surface area contributed by atoms with E-state index in [9.17, 15) is 4.79 Å². The van der Waals surface area contributed by atoms with Crippen molar-refractivity contribution in [3.8, 4) is 0 Å². The van der Waals surface area contributed by atoms with Crippen LogP contribution in [0.5, 0.6) is 0 Å². The van der Waals surface area contributed by atoms with Gasteiger partial charge >= 0.3 is 17.1 Å². The fraction of sp³-hybridized carbons (Fsp3) is 0.500. The third-order valence-corrected chi connectivity index (χ3v) is 2.36. The van der Waals surface area contributed by atoms with Crippen LogP contribution in [-0.2, 0) is 52.1 Å². The van der Waals surface area contributed by atoms with Crippen LogP contribution in [0.4, 0.5) is 0 Å². The summed E-state index contributed by atoms with van der Waals surface area (Å²) in [7, 11) is 0. The molecular weight excluding hydrogens is 356 g/mol. The number of nitrogens with zero attached hydrogens (tertiary/aromatic N) is 2. The summed E-state index contributed by atoms with van der Waals surface area (Å²) in [5, 5.41) is 0. The normalized spacial score (nSPS) is 8.75. The standard InChI is InChI=1S/C12H20N2O.4CHO.Fe/c1-11(2,3)13-7-10(8-15)14(9-13)12(4,5)6;4*1-2;/h7,9H,1-6H3;4*1H;/q;4*-1;+4. The van der Waals surface area contributed by atoms with Crippen LogP contribution in [0.15, 0.2) is 12.5 Å². The van der Waals surface area contributed by atoms with Gasteiger partial charge in [0.15, 0.2) is 0 Å². The quantitative estimate of drug-likeness (QED) is 0.309. The number of imidazole rings is 1. The van der Waals surface area contributed by atoms with Crippen molar-refractivity contribution in [3.05, 3.63) is 18.2 Å². The van der Waals surface area contributed by atoms with Crippen molar-refractivity contribution in [2.24, 2.45) is 0 Å². The molecule has 0 saturated carbocycles. The van der Waals surface area contributed by atoms with Crippen LogP contribution in [-0.4, -0.2) is 38.0 Å². The van der Waals surface area contributed by atoms with Gasteiger partial charge in [-0.3, -0.25) is 31.7 Å². The first-order valence-corrected chi connectivity index (χ1v) is 6.13. The fourth-order valence-electron chi connectivity index (χ4n) is 1.39. The molecule has 1 aromatic heterocycles. The number of aromatic nitrogens is 2. The van der Waals surface area contributed by atoms with Gasteiger partial charge in [0.1, 0.15) is 0 Å². The van der Waals surface area contributed by atoms with E-state index in [0.717, 1.165) is 0 Å². The molecule has 1 aromatic rings. The summed E-state index contributed by atoms with van der Waals surface area (Å²) >= 11 is 0. The largest absolute Gasteiger partial charge is 4.00 e. The molecular formula is C16H24FeN2O5. The zero-order valence-electron chi connectivity index (χ0n) is 14.8. The topological polar surface area (TPSA) is 94.2 Å². The van der Waals surface area contributed by atoms with E-state index in [1.54, 1.807) is 0 Å². The first-order chi connectivity index (χ1) is 10.7. The summed E-state index contributed by atoms with van der Waals surface area (Å²) in [6.45, 7) is 25.5. The Kier molecular flexibility index (Phi) is 24.4. The maximum Gasteiger partial charge on any atom is 4.00 e. The van der Waals surface area contributed by atoms with Crippen molar-refractivity contribution >= 4 is 33.4 Å². The zero-order chi connectivity index (χ0) is 19.9.